The highest BCUT2D eigenvalue weighted by atomic mass is 28.2. The number of rotatable bonds is 8. The zero-order chi connectivity index (χ0) is 23.8. The highest BCUT2D eigenvalue weighted by molar-refractivity contribution is 6.32. The number of nitrogens with one attached hydrogen (secondary N) is 1. The van der Waals surface area contributed by atoms with Crippen LogP contribution in [0.5, 0.6) is 5.75 Å². The average molecular weight is 465 g/mol. The van der Waals surface area contributed by atoms with Gasteiger partial charge >= 0.3 is 0 Å². The monoisotopic (exact) mass is 464 g/mol. The predicted octanol–water partition coefficient (Wildman–Crippen LogP) is 5.24. The maximum atomic E-state index is 12.7. The summed E-state index contributed by atoms with van der Waals surface area (Å²) in [6.07, 6.45) is 0. The van der Waals surface area contributed by atoms with E-state index >= 15 is 0 Å². The van der Waals surface area contributed by atoms with Gasteiger partial charge in [-0.2, -0.15) is 0 Å². The molecule has 0 unspecified atom stereocenters. The number of fused-ring (bicyclic) bond motifs is 3. The van der Waals surface area contributed by atoms with E-state index in [0.717, 1.165) is 22.2 Å². The smallest absolute Gasteiger partial charge is 0.268 e. The fraction of sp³-hybridized carbons (Fsp3) is 0.444. The normalized spacial score (nSPS) is 17.1. The second-order valence-electron chi connectivity index (χ2n) is 10.7. The van der Waals surface area contributed by atoms with Crippen LogP contribution in [-0.2, 0) is 11.0 Å². The van der Waals surface area contributed by atoms with Crippen LogP contribution in [0.1, 0.15) is 63.6 Å². The first-order valence-corrected chi connectivity index (χ1v) is 13.1. The Balaban J connectivity index is 1.61. The molecule has 0 fully saturated rings. The third-order valence-electron chi connectivity index (χ3n) is 7.24. The van der Waals surface area contributed by atoms with Crippen LogP contribution in [0.3, 0.4) is 0 Å². The molecule has 176 valence electrons. The molecule has 33 heavy (non-hydrogen) atoms. The molecular weight excluding hydrogens is 428 g/mol. The van der Waals surface area contributed by atoms with Gasteiger partial charge in [0.25, 0.3) is 5.91 Å². The zero-order valence-corrected chi connectivity index (χ0v) is 22.1. The van der Waals surface area contributed by atoms with Crippen molar-refractivity contribution in [3.63, 3.8) is 0 Å². The summed E-state index contributed by atoms with van der Waals surface area (Å²) in [4.78, 5) is 12.7. The van der Waals surface area contributed by atoms with Crippen LogP contribution < -0.4 is 10.1 Å². The van der Waals surface area contributed by atoms with Crippen molar-refractivity contribution in [2.24, 2.45) is 5.92 Å². The first-order chi connectivity index (χ1) is 15.6. The number of hydrogen-bond donors (Lipinski definition) is 1. The molecule has 2 heterocycles. The number of amides is 1. The van der Waals surface area contributed by atoms with E-state index in [1.807, 2.05) is 36.4 Å². The molecule has 1 aromatic heterocycles. The molecule has 0 aliphatic carbocycles. The molecule has 2 aromatic carbocycles. The van der Waals surface area contributed by atoms with E-state index in [1.165, 1.54) is 0 Å². The molecule has 1 aliphatic heterocycles. The standard InChI is InChI=1S/C27H36N2O3Si/c1-18(2)27(5,6)33-32-26(3,4)24-16-28-25(30)23-15-20-14-21(12-13-22(20)29(23)24)31-17-19-10-8-7-9-11-19/h7-15,18,24H,16-17,33H2,1-6H3,(H,28,30)/t24-/m0/s1. The Labute approximate surface area is 199 Å². The van der Waals surface area contributed by atoms with Gasteiger partial charge in [-0.15, -0.1) is 0 Å². The Bertz CT molecular complexity index is 1130. The topological polar surface area (TPSA) is 52.5 Å². The predicted molar refractivity (Wildman–Crippen MR) is 137 cm³/mol. The highest BCUT2D eigenvalue weighted by Gasteiger charge is 2.39. The lowest BCUT2D eigenvalue weighted by Gasteiger charge is -2.42. The van der Waals surface area contributed by atoms with Gasteiger partial charge < -0.3 is 19.0 Å². The molecule has 0 radical (unpaired) electrons. The molecule has 1 atom stereocenters. The minimum Gasteiger partial charge on any atom is -0.489 e. The number of carbonyl (C=O) groups is 1. The van der Waals surface area contributed by atoms with Crippen molar-refractivity contribution >= 4 is 26.6 Å². The van der Waals surface area contributed by atoms with Crippen molar-refractivity contribution in [3.05, 3.63) is 65.9 Å². The van der Waals surface area contributed by atoms with Gasteiger partial charge in [0.15, 0.2) is 9.76 Å². The van der Waals surface area contributed by atoms with Crippen LogP contribution in [0, 0.1) is 5.92 Å². The van der Waals surface area contributed by atoms with E-state index in [1.54, 1.807) is 0 Å². The molecule has 0 saturated heterocycles. The summed E-state index contributed by atoms with van der Waals surface area (Å²) in [5.41, 5.74) is 2.46. The number of nitrogens with zero attached hydrogens (tertiary/aromatic N) is 1. The quantitative estimate of drug-likeness (QED) is 0.464. The maximum absolute atomic E-state index is 12.7. The Hall–Kier alpha value is -2.57. The van der Waals surface area contributed by atoms with Crippen molar-refractivity contribution in [1.29, 1.82) is 0 Å². The SMILES string of the molecule is CC(C)C(C)(C)[SiH2]OC(C)(C)[C@@H]1CNC(=O)c2cc3cc(OCc4ccccc4)ccc3n21. The molecule has 0 bridgehead atoms. The van der Waals surface area contributed by atoms with E-state index in [4.69, 9.17) is 9.16 Å². The van der Waals surface area contributed by atoms with Gasteiger partial charge in [-0.05, 0) is 54.6 Å². The molecule has 6 heteroatoms. The van der Waals surface area contributed by atoms with Gasteiger partial charge in [0.2, 0.25) is 0 Å². The lowest BCUT2D eigenvalue weighted by Crippen LogP contribution is -2.49. The minimum absolute atomic E-state index is 0.0225. The second kappa shape index (κ2) is 8.99. The zero-order valence-electron chi connectivity index (χ0n) is 20.6. The number of hydrogen-bond acceptors (Lipinski definition) is 3. The Morgan fingerprint density at radius 1 is 1.09 bits per heavy atom. The molecule has 1 aliphatic rings. The van der Waals surface area contributed by atoms with Gasteiger partial charge in [-0.1, -0.05) is 58.0 Å². The van der Waals surface area contributed by atoms with Crippen LogP contribution in [0.4, 0.5) is 0 Å². The lowest BCUT2D eigenvalue weighted by molar-refractivity contribution is 0.0409. The first-order valence-electron chi connectivity index (χ1n) is 11.8. The number of aromatic nitrogens is 1. The van der Waals surface area contributed by atoms with Gasteiger partial charge in [0.1, 0.15) is 18.1 Å². The van der Waals surface area contributed by atoms with Gasteiger partial charge in [-0.3, -0.25) is 4.79 Å². The van der Waals surface area contributed by atoms with E-state index < -0.39 is 15.4 Å². The molecule has 0 saturated carbocycles. The molecule has 3 aromatic rings. The average Bonchev–Trinajstić information content (AvgIpc) is 3.17. The van der Waals surface area contributed by atoms with Crippen LogP contribution in [0.25, 0.3) is 10.9 Å². The summed E-state index contributed by atoms with van der Waals surface area (Å²) in [6.45, 7) is 14.5. The fourth-order valence-corrected chi connectivity index (χ4v) is 5.39. The number of benzene rings is 2. The van der Waals surface area contributed by atoms with Crippen molar-refractivity contribution in [2.45, 2.75) is 64.8 Å². The maximum Gasteiger partial charge on any atom is 0.268 e. The molecular formula is C27H36N2O3Si. The highest BCUT2D eigenvalue weighted by Crippen LogP contribution is 2.39. The minimum atomic E-state index is -0.791. The summed E-state index contributed by atoms with van der Waals surface area (Å²) >= 11 is 0. The van der Waals surface area contributed by atoms with Crippen LogP contribution in [0.2, 0.25) is 5.04 Å². The Morgan fingerprint density at radius 2 is 1.82 bits per heavy atom. The van der Waals surface area contributed by atoms with Gasteiger partial charge in [0, 0.05) is 17.4 Å². The number of ether oxygens (including phenoxy) is 1. The van der Waals surface area contributed by atoms with Crippen LogP contribution in [0.15, 0.2) is 54.6 Å². The molecule has 0 spiro atoms. The molecule has 4 rings (SSSR count). The molecule has 5 nitrogen and oxygen atoms in total. The third-order valence-corrected chi connectivity index (χ3v) is 9.69. The van der Waals surface area contributed by atoms with Crippen LogP contribution in [-0.4, -0.2) is 32.4 Å². The first kappa shape index (κ1) is 23.6. The molecule has 1 amide bonds. The third kappa shape index (κ3) is 4.87. The number of carbonyl (C=O) groups excluding carboxylic acids is 1. The summed E-state index contributed by atoms with van der Waals surface area (Å²) in [6, 6.07) is 18.2. The van der Waals surface area contributed by atoms with E-state index in [0.29, 0.717) is 24.8 Å². The van der Waals surface area contributed by atoms with Crippen molar-refractivity contribution in [3.8, 4) is 5.75 Å². The van der Waals surface area contributed by atoms with Crippen molar-refractivity contribution < 1.29 is 14.0 Å². The summed E-state index contributed by atoms with van der Waals surface area (Å²) < 4.78 is 14.9. The van der Waals surface area contributed by atoms with Crippen LogP contribution >= 0.6 is 0 Å². The summed E-state index contributed by atoms with van der Waals surface area (Å²) in [5.74, 6) is 1.33. The van der Waals surface area contributed by atoms with Crippen molar-refractivity contribution in [1.82, 2.24) is 9.88 Å². The summed E-state index contributed by atoms with van der Waals surface area (Å²) in [7, 11) is -0.791. The van der Waals surface area contributed by atoms with Gasteiger partial charge in [-0.25, -0.2) is 0 Å². The molecule has 1 N–H and O–H groups in total. The lowest BCUT2D eigenvalue weighted by atomic mass is 9.96. The second-order valence-corrected chi connectivity index (χ2v) is 13.1. The largest absolute Gasteiger partial charge is 0.489 e. The van der Waals surface area contributed by atoms with E-state index in [9.17, 15) is 4.79 Å². The Kier molecular flexibility index (Phi) is 6.42. The van der Waals surface area contributed by atoms with Gasteiger partial charge in [0.05, 0.1) is 11.6 Å². The summed E-state index contributed by atoms with van der Waals surface area (Å²) in [5, 5.41) is 4.30. The Morgan fingerprint density at radius 3 is 2.52 bits per heavy atom. The van der Waals surface area contributed by atoms with E-state index in [-0.39, 0.29) is 17.0 Å². The van der Waals surface area contributed by atoms with Crippen molar-refractivity contribution in [2.75, 3.05) is 6.54 Å². The fourth-order valence-electron chi connectivity index (χ4n) is 4.12. The van der Waals surface area contributed by atoms with E-state index in [2.05, 4.69) is 69.6 Å².